The van der Waals surface area contributed by atoms with Crippen molar-refractivity contribution in [3.8, 4) is 0 Å². The Bertz CT molecular complexity index is 837. The highest BCUT2D eigenvalue weighted by Crippen LogP contribution is 2.18. The van der Waals surface area contributed by atoms with Crippen LogP contribution < -0.4 is 0 Å². The van der Waals surface area contributed by atoms with Gasteiger partial charge in [0.25, 0.3) is 0 Å². The highest BCUT2D eigenvalue weighted by Gasteiger charge is 2.02. The molecule has 0 fully saturated rings. The molecule has 0 unspecified atom stereocenters. The van der Waals surface area contributed by atoms with Gasteiger partial charge in [-0.25, -0.2) is 0 Å². The van der Waals surface area contributed by atoms with Crippen molar-refractivity contribution in [2.75, 3.05) is 0 Å². The Hall–Kier alpha value is -2.68. The van der Waals surface area contributed by atoms with E-state index in [1.807, 2.05) is 17.0 Å². The highest BCUT2D eigenvalue weighted by atomic mass is 15.4. The van der Waals surface area contributed by atoms with Gasteiger partial charge in [0.15, 0.2) is 0 Å². The second-order valence-electron chi connectivity index (χ2n) is 6.64. The van der Waals surface area contributed by atoms with E-state index in [0.29, 0.717) is 0 Å². The lowest BCUT2D eigenvalue weighted by Gasteiger charge is -2.06. The molecule has 1 heterocycles. The number of hydrogen-bond acceptors (Lipinski definition) is 2. The zero-order valence-corrected chi connectivity index (χ0v) is 15.2. The van der Waals surface area contributed by atoms with E-state index in [1.165, 1.54) is 27.8 Å². The van der Waals surface area contributed by atoms with Crippen molar-refractivity contribution >= 4 is 12.2 Å². The molecule has 0 N–H and O–H groups in total. The first-order valence-electron chi connectivity index (χ1n) is 8.82. The van der Waals surface area contributed by atoms with E-state index in [4.69, 9.17) is 0 Å². The minimum absolute atomic E-state index is 0.887. The third kappa shape index (κ3) is 4.66. The van der Waals surface area contributed by atoms with Crippen LogP contribution in [0.15, 0.2) is 48.7 Å². The van der Waals surface area contributed by atoms with Crippen LogP contribution >= 0.6 is 0 Å². The standard InChI is InChI=1S/C22H25N3/c1-17-14-18(2)22(19(3)15-17)12-11-21-16-25(24-23-21)13-7-10-20-8-5-4-6-9-20/h4-6,8-9,11-12,14-16H,7,10,13H2,1-3H3/b12-11-. The van der Waals surface area contributed by atoms with E-state index >= 15 is 0 Å². The van der Waals surface area contributed by atoms with Gasteiger partial charge in [0.05, 0.1) is 6.20 Å². The molecule has 25 heavy (non-hydrogen) atoms. The molecule has 0 amide bonds. The number of aromatic nitrogens is 3. The lowest BCUT2D eigenvalue weighted by Crippen LogP contribution is -2.00. The third-order valence-electron chi connectivity index (χ3n) is 4.41. The Kier molecular flexibility index (Phi) is 5.44. The van der Waals surface area contributed by atoms with E-state index in [1.54, 1.807) is 0 Å². The Morgan fingerprint density at radius 2 is 1.68 bits per heavy atom. The molecule has 1 aromatic heterocycles. The van der Waals surface area contributed by atoms with Crippen LogP contribution in [0.1, 0.15) is 39.9 Å². The first-order chi connectivity index (χ1) is 12.1. The number of rotatable bonds is 6. The van der Waals surface area contributed by atoms with Gasteiger partial charge >= 0.3 is 0 Å². The second-order valence-corrected chi connectivity index (χ2v) is 6.64. The van der Waals surface area contributed by atoms with Gasteiger partial charge in [-0.15, -0.1) is 5.10 Å². The zero-order valence-electron chi connectivity index (χ0n) is 15.2. The summed E-state index contributed by atoms with van der Waals surface area (Å²) < 4.78 is 1.93. The summed E-state index contributed by atoms with van der Waals surface area (Å²) in [6.07, 6.45) is 8.33. The predicted octanol–water partition coefficient (Wildman–Crippen LogP) is 5.01. The third-order valence-corrected chi connectivity index (χ3v) is 4.41. The maximum atomic E-state index is 4.26. The van der Waals surface area contributed by atoms with Gasteiger partial charge < -0.3 is 0 Å². The number of nitrogens with zero attached hydrogens (tertiary/aromatic N) is 3. The summed E-state index contributed by atoms with van der Waals surface area (Å²) in [5.74, 6) is 0. The largest absolute Gasteiger partial charge is 0.252 e. The maximum Gasteiger partial charge on any atom is 0.105 e. The Balaban J connectivity index is 1.60. The first kappa shape index (κ1) is 17.2. The van der Waals surface area contributed by atoms with Crippen LogP contribution in [-0.4, -0.2) is 15.0 Å². The van der Waals surface area contributed by atoms with Crippen LogP contribution in [0.5, 0.6) is 0 Å². The van der Waals surface area contributed by atoms with Gasteiger partial charge in [-0.1, -0.05) is 59.3 Å². The fourth-order valence-corrected chi connectivity index (χ4v) is 3.21. The lowest BCUT2D eigenvalue weighted by molar-refractivity contribution is 0.559. The van der Waals surface area contributed by atoms with Crippen molar-refractivity contribution < 1.29 is 0 Å². The Labute approximate surface area is 150 Å². The smallest absolute Gasteiger partial charge is 0.105 e. The summed E-state index contributed by atoms with van der Waals surface area (Å²) in [5.41, 5.74) is 7.43. The first-order valence-corrected chi connectivity index (χ1v) is 8.82. The molecule has 0 aliphatic carbocycles. The van der Waals surface area contributed by atoms with Crippen LogP contribution in [0.4, 0.5) is 0 Å². The second kappa shape index (κ2) is 7.93. The SMILES string of the molecule is Cc1cc(C)c(/C=C\c2cn(CCCc3ccccc3)nn2)c(C)c1. The quantitative estimate of drug-likeness (QED) is 0.636. The minimum Gasteiger partial charge on any atom is -0.252 e. The molecule has 3 nitrogen and oxygen atoms in total. The molecule has 0 bridgehead atoms. The molecule has 0 radical (unpaired) electrons. The molecule has 2 aromatic carbocycles. The summed E-state index contributed by atoms with van der Waals surface area (Å²) in [7, 11) is 0. The molecular weight excluding hydrogens is 306 g/mol. The van der Waals surface area contributed by atoms with E-state index in [9.17, 15) is 0 Å². The van der Waals surface area contributed by atoms with E-state index < -0.39 is 0 Å². The van der Waals surface area contributed by atoms with Crippen molar-refractivity contribution in [2.45, 2.75) is 40.2 Å². The number of hydrogen-bond donors (Lipinski definition) is 0. The lowest BCUT2D eigenvalue weighted by atomic mass is 9.99. The molecule has 3 rings (SSSR count). The molecule has 128 valence electrons. The molecule has 0 aliphatic heterocycles. The van der Waals surface area contributed by atoms with Crippen molar-refractivity contribution in [2.24, 2.45) is 0 Å². The van der Waals surface area contributed by atoms with Crippen molar-refractivity contribution in [3.05, 3.63) is 82.2 Å². The maximum absolute atomic E-state index is 4.26. The molecular formula is C22H25N3. The van der Waals surface area contributed by atoms with E-state index in [0.717, 1.165) is 25.1 Å². The van der Waals surface area contributed by atoms with Crippen molar-refractivity contribution in [1.29, 1.82) is 0 Å². The topological polar surface area (TPSA) is 30.7 Å². The molecule has 0 atom stereocenters. The van der Waals surface area contributed by atoms with Gasteiger partial charge in [-0.05, 0) is 61.9 Å². The van der Waals surface area contributed by atoms with Crippen LogP contribution in [-0.2, 0) is 13.0 Å². The number of benzene rings is 2. The molecule has 0 saturated heterocycles. The summed E-state index contributed by atoms with van der Waals surface area (Å²) in [5, 5.41) is 8.49. The van der Waals surface area contributed by atoms with E-state index in [-0.39, 0.29) is 0 Å². The summed E-state index contributed by atoms with van der Waals surface area (Å²) in [4.78, 5) is 0. The summed E-state index contributed by atoms with van der Waals surface area (Å²) in [6.45, 7) is 7.33. The normalized spacial score (nSPS) is 11.3. The molecule has 0 aliphatic rings. The van der Waals surface area contributed by atoms with E-state index in [2.05, 4.69) is 79.6 Å². The summed E-state index contributed by atoms with van der Waals surface area (Å²) >= 11 is 0. The average molecular weight is 331 g/mol. The van der Waals surface area contributed by atoms with Crippen molar-refractivity contribution in [3.63, 3.8) is 0 Å². The fraction of sp³-hybridized carbons (Fsp3) is 0.273. The van der Waals surface area contributed by atoms with Crippen LogP contribution in [0.3, 0.4) is 0 Å². The minimum atomic E-state index is 0.887. The molecule has 3 heteroatoms. The summed E-state index contributed by atoms with van der Waals surface area (Å²) in [6, 6.07) is 15.0. The molecule has 0 spiro atoms. The Morgan fingerprint density at radius 1 is 0.960 bits per heavy atom. The van der Waals surface area contributed by atoms with Crippen molar-refractivity contribution in [1.82, 2.24) is 15.0 Å². The van der Waals surface area contributed by atoms with Gasteiger partial charge in [0.2, 0.25) is 0 Å². The predicted molar refractivity (Wildman–Crippen MR) is 104 cm³/mol. The average Bonchev–Trinajstić information content (AvgIpc) is 3.03. The number of aryl methyl sites for hydroxylation is 5. The molecule has 0 saturated carbocycles. The Morgan fingerprint density at radius 3 is 2.40 bits per heavy atom. The van der Waals surface area contributed by atoms with Gasteiger partial charge in [0.1, 0.15) is 5.69 Å². The van der Waals surface area contributed by atoms with Crippen LogP contribution in [0.25, 0.3) is 12.2 Å². The van der Waals surface area contributed by atoms with Gasteiger partial charge in [-0.3, -0.25) is 4.68 Å². The molecule has 3 aromatic rings. The van der Waals surface area contributed by atoms with Crippen LogP contribution in [0.2, 0.25) is 0 Å². The highest BCUT2D eigenvalue weighted by molar-refractivity contribution is 5.71. The zero-order chi connectivity index (χ0) is 17.6. The van der Waals surface area contributed by atoms with Crippen LogP contribution in [0, 0.1) is 20.8 Å². The monoisotopic (exact) mass is 331 g/mol. The van der Waals surface area contributed by atoms with Gasteiger partial charge in [0, 0.05) is 6.54 Å². The fourth-order valence-electron chi connectivity index (χ4n) is 3.21. The van der Waals surface area contributed by atoms with Gasteiger partial charge in [-0.2, -0.15) is 0 Å².